The van der Waals surface area contributed by atoms with E-state index in [-0.39, 0.29) is 5.69 Å². The minimum Gasteiger partial charge on any atom is -0.497 e. The molecule has 0 aliphatic rings. The van der Waals surface area contributed by atoms with Gasteiger partial charge in [-0.05, 0) is 36.4 Å². The maximum atomic E-state index is 11.5. The van der Waals surface area contributed by atoms with Crippen LogP contribution in [0.4, 0.5) is 5.69 Å². The Hall–Kier alpha value is -2.96. The minimum absolute atomic E-state index is 0.256. The van der Waals surface area contributed by atoms with Gasteiger partial charge in [0.1, 0.15) is 18.1 Å². The Kier molecular flexibility index (Phi) is 3.95. The number of nitrogens with zero attached hydrogens (tertiary/aromatic N) is 2. The highest BCUT2D eigenvalue weighted by Gasteiger charge is 2.04. The van der Waals surface area contributed by atoms with Crippen molar-refractivity contribution in [1.29, 1.82) is 0 Å². The van der Waals surface area contributed by atoms with Crippen LogP contribution in [0.2, 0.25) is 0 Å². The summed E-state index contributed by atoms with van der Waals surface area (Å²) < 4.78 is 12.2. The van der Waals surface area contributed by atoms with Crippen LogP contribution in [0.1, 0.15) is 0 Å². The molecular formula is C15H16N4O3. The number of hydrogen-bond donors (Lipinski definition) is 2. The molecule has 7 heteroatoms. The highest BCUT2D eigenvalue weighted by Crippen LogP contribution is 2.17. The molecule has 2 N–H and O–H groups in total. The Morgan fingerprint density at radius 3 is 2.77 bits per heavy atom. The zero-order valence-corrected chi connectivity index (χ0v) is 12.1. The molecule has 0 radical (unpaired) electrons. The van der Waals surface area contributed by atoms with Crippen molar-refractivity contribution in [2.24, 2.45) is 0 Å². The molecule has 3 aromatic rings. The fourth-order valence-electron chi connectivity index (χ4n) is 2.10. The predicted molar refractivity (Wildman–Crippen MR) is 82.8 cm³/mol. The Morgan fingerprint density at radius 2 is 2.00 bits per heavy atom. The van der Waals surface area contributed by atoms with Crippen LogP contribution < -0.4 is 20.5 Å². The first-order chi connectivity index (χ1) is 10.8. The molecule has 114 valence electrons. The third-order valence-electron chi connectivity index (χ3n) is 3.19. The van der Waals surface area contributed by atoms with Gasteiger partial charge in [-0.1, -0.05) is 0 Å². The van der Waals surface area contributed by atoms with Crippen molar-refractivity contribution in [3.05, 3.63) is 53.1 Å². The molecule has 0 atom stereocenters. The standard InChI is InChI=1S/C15H16N4O3/c1-21-11-4-6-12(7-5-11)22-10-8-16-13-3-2-9-19-14(13)17-18-15(19)20/h2-7,9,16H,8,10H2,1H3,(H,18,20). The van der Waals surface area contributed by atoms with Crippen molar-refractivity contribution in [3.63, 3.8) is 0 Å². The zero-order valence-electron chi connectivity index (χ0n) is 12.1. The molecule has 0 fully saturated rings. The summed E-state index contributed by atoms with van der Waals surface area (Å²) in [6, 6.07) is 11.1. The normalized spacial score (nSPS) is 10.6. The third kappa shape index (κ3) is 2.88. The van der Waals surface area contributed by atoms with Crippen LogP contribution in [0.15, 0.2) is 47.4 Å². The first kappa shape index (κ1) is 14.0. The van der Waals surface area contributed by atoms with Crippen LogP contribution in [0.25, 0.3) is 5.65 Å². The SMILES string of the molecule is COc1ccc(OCCNc2cccn3c(=O)[nH]nc23)cc1. The number of methoxy groups -OCH3 is 1. The van der Waals surface area contributed by atoms with Gasteiger partial charge in [0.25, 0.3) is 0 Å². The lowest BCUT2D eigenvalue weighted by Crippen LogP contribution is -2.13. The van der Waals surface area contributed by atoms with Crippen LogP contribution in [-0.4, -0.2) is 34.9 Å². The van der Waals surface area contributed by atoms with E-state index >= 15 is 0 Å². The first-order valence-corrected chi connectivity index (χ1v) is 6.84. The summed E-state index contributed by atoms with van der Waals surface area (Å²) >= 11 is 0. The number of pyridine rings is 1. The second kappa shape index (κ2) is 6.21. The predicted octanol–water partition coefficient (Wildman–Crippen LogP) is 1.52. The Balaban J connectivity index is 1.57. The highest BCUT2D eigenvalue weighted by atomic mass is 16.5. The maximum absolute atomic E-state index is 11.5. The van der Waals surface area contributed by atoms with E-state index in [1.165, 1.54) is 4.40 Å². The van der Waals surface area contributed by atoms with E-state index in [0.29, 0.717) is 18.8 Å². The lowest BCUT2D eigenvalue weighted by Gasteiger charge is -2.09. The van der Waals surface area contributed by atoms with Gasteiger partial charge in [0.05, 0.1) is 12.8 Å². The summed E-state index contributed by atoms with van der Waals surface area (Å²) in [5, 5.41) is 9.60. The van der Waals surface area contributed by atoms with Gasteiger partial charge < -0.3 is 14.8 Å². The van der Waals surface area contributed by atoms with Gasteiger partial charge in [-0.25, -0.2) is 14.3 Å². The number of anilines is 1. The lowest BCUT2D eigenvalue weighted by atomic mass is 10.3. The van der Waals surface area contributed by atoms with E-state index in [4.69, 9.17) is 9.47 Å². The van der Waals surface area contributed by atoms with Crippen LogP contribution in [-0.2, 0) is 0 Å². The van der Waals surface area contributed by atoms with E-state index < -0.39 is 0 Å². The zero-order chi connectivity index (χ0) is 15.4. The molecule has 0 unspecified atom stereocenters. The summed E-state index contributed by atoms with van der Waals surface area (Å²) in [6.45, 7) is 1.08. The van der Waals surface area contributed by atoms with Crippen molar-refractivity contribution in [2.45, 2.75) is 0 Å². The molecule has 0 bridgehead atoms. The van der Waals surface area contributed by atoms with Crippen LogP contribution in [0, 0.1) is 0 Å². The van der Waals surface area contributed by atoms with E-state index in [0.717, 1.165) is 17.2 Å². The molecule has 0 saturated heterocycles. The van der Waals surface area contributed by atoms with Crippen molar-refractivity contribution >= 4 is 11.3 Å². The fraction of sp³-hybridized carbons (Fsp3) is 0.200. The third-order valence-corrected chi connectivity index (χ3v) is 3.19. The quantitative estimate of drug-likeness (QED) is 0.675. The minimum atomic E-state index is -0.256. The summed E-state index contributed by atoms with van der Waals surface area (Å²) in [6.07, 6.45) is 1.67. The largest absolute Gasteiger partial charge is 0.497 e. The maximum Gasteiger partial charge on any atom is 0.347 e. The average Bonchev–Trinajstić information content (AvgIpc) is 2.94. The molecule has 2 heterocycles. The smallest absolute Gasteiger partial charge is 0.347 e. The summed E-state index contributed by atoms with van der Waals surface area (Å²) in [4.78, 5) is 11.5. The van der Waals surface area contributed by atoms with Crippen LogP contribution in [0.5, 0.6) is 11.5 Å². The van der Waals surface area contributed by atoms with Crippen molar-refractivity contribution in [2.75, 3.05) is 25.6 Å². The Morgan fingerprint density at radius 1 is 1.23 bits per heavy atom. The summed E-state index contributed by atoms with van der Waals surface area (Å²) in [7, 11) is 1.63. The number of aromatic nitrogens is 3. The van der Waals surface area contributed by atoms with E-state index in [1.54, 1.807) is 19.4 Å². The van der Waals surface area contributed by atoms with E-state index in [1.807, 2.05) is 30.3 Å². The molecule has 7 nitrogen and oxygen atoms in total. The van der Waals surface area contributed by atoms with Crippen molar-refractivity contribution in [3.8, 4) is 11.5 Å². The van der Waals surface area contributed by atoms with Gasteiger partial charge in [0.2, 0.25) is 0 Å². The molecule has 2 aromatic heterocycles. The Bertz CT molecular complexity index is 808. The van der Waals surface area contributed by atoms with Crippen molar-refractivity contribution < 1.29 is 9.47 Å². The van der Waals surface area contributed by atoms with Gasteiger partial charge in [-0.15, -0.1) is 0 Å². The van der Waals surface area contributed by atoms with Gasteiger partial charge in [-0.3, -0.25) is 0 Å². The topological polar surface area (TPSA) is 80.7 Å². The van der Waals surface area contributed by atoms with Crippen LogP contribution in [0.3, 0.4) is 0 Å². The van der Waals surface area contributed by atoms with Gasteiger partial charge in [0.15, 0.2) is 5.65 Å². The fourth-order valence-corrected chi connectivity index (χ4v) is 2.10. The number of aromatic amines is 1. The Labute approximate surface area is 126 Å². The monoisotopic (exact) mass is 300 g/mol. The average molecular weight is 300 g/mol. The second-order valence-corrected chi connectivity index (χ2v) is 4.59. The molecule has 0 aliphatic heterocycles. The summed E-state index contributed by atoms with van der Waals surface area (Å²) in [5.74, 6) is 1.57. The first-order valence-electron chi connectivity index (χ1n) is 6.84. The molecule has 0 saturated carbocycles. The molecule has 1 aromatic carbocycles. The van der Waals surface area contributed by atoms with Gasteiger partial charge in [-0.2, -0.15) is 5.10 Å². The molecule has 22 heavy (non-hydrogen) atoms. The summed E-state index contributed by atoms with van der Waals surface area (Å²) in [5.41, 5.74) is 1.09. The van der Waals surface area contributed by atoms with Gasteiger partial charge in [0, 0.05) is 12.7 Å². The van der Waals surface area contributed by atoms with Gasteiger partial charge >= 0.3 is 5.69 Å². The van der Waals surface area contributed by atoms with E-state index in [9.17, 15) is 4.79 Å². The van der Waals surface area contributed by atoms with Crippen LogP contribution >= 0.6 is 0 Å². The van der Waals surface area contributed by atoms with E-state index in [2.05, 4.69) is 15.5 Å². The number of H-pyrrole nitrogens is 1. The number of hydrogen-bond acceptors (Lipinski definition) is 5. The number of rotatable bonds is 6. The van der Waals surface area contributed by atoms with Crippen molar-refractivity contribution in [1.82, 2.24) is 14.6 Å². The molecule has 0 amide bonds. The number of benzene rings is 1. The molecular weight excluding hydrogens is 284 g/mol. The number of nitrogens with one attached hydrogen (secondary N) is 2. The highest BCUT2D eigenvalue weighted by molar-refractivity contribution is 5.66. The molecule has 0 spiro atoms. The molecule has 3 rings (SSSR count). The number of fused-ring (bicyclic) bond motifs is 1. The lowest BCUT2D eigenvalue weighted by molar-refractivity contribution is 0.332. The molecule has 0 aliphatic carbocycles. The second-order valence-electron chi connectivity index (χ2n) is 4.59. The number of ether oxygens (including phenoxy) is 2.